The number of fused-ring (bicyclic) bond motifs is 1. The molecule has 0 radical (unpaired) electrons. The molecule has 1 fully saturated rings. The number of benzene rings is 1. The summed E-state index contributed by atoms with van der Waals surface area (Å²) in [5, 5.41) is 8.15. The molecule has 3 aliphatic rings. The highest BCUT2D eigenvalue weighted by Gasteiger charge is 2.50. The molecule has 224 valence electrons. The van der Waals surface area contributed by atoms with Gasteiger partial charge in [-0.25, -0.2) is 4.76 Å². The lowest BCUT2D eigenvalue weighted by Crippen LogP contribution is -2.46. The fourth-order valence-electron chi connectivity index (χ4n) is 5.67. The maximum Gasteiger partial charge on any atom is 0.140 e. The number of nitrogens with one attached hydrogen (secondary N) is 2. The van der Waals surface area contributed by atoms with E-state index in [1.165, 1.54) is 18.1 Å². The Labute approximate surface area is 246 Å². The second-order valence-electron chi connectivity index (χ2n) is 11.4. The Bertz CT molecular complexity index is 1140. The maximum absolute atomic E-state index is 7.04. The van der Waals surface area contributed by atoms with Crippen molar-refractivity contribution < 1.29 is 0 Å². The highest BCUT2D eigenvalue weighted by molar-refractivity contribution is 7.80. The molecule has 0 amide bonds. The van der Waals surface area contributed by atoms with Crippen molar-refractivity contribution in [3.05, 3.63) is 60.6 Å². The van der Waals surface area contributed by atoms with E-state index in [0.717, 1.165) is 72.6 Å². The summed E-state index contributed by atoms with van der Waals surface area (Å²) in [6.45, 7) is 28.9. The Hall–Kier alpha value is -2.61. The Balaban J connectivity index is 0.00000105. The molecule has 0 aromatic heterocycles. The van der Waals surface area contributed by atoms with E-state index in [1.807, 2.05) is 34.7 Å². The van der Waals surface area contributed by atoms with Gasteiger partial charge in [0.05, 0.1) is 11.1 Å². The highest BCUT2D eigenvalue weighted by atomic mass is 31.2. The van der Waals surface area contributed by atoms with Gasteiger partial charge in [0.2, 0.25) is 0 Å². The maximum atomic E-state index is 7.04. The van der Waals surface area contributed by atoms with E-state index >= 15 is 0 Å². The average Bonchev–Trinajstić information content (AvgIpc) is 3.49. The molecule has 4 N–H and O–H groups in total. The van der Waals surface area contributed by atoms with Crippen LogP contribution in [0.3, 0.4) is 0 Å². The van der Waals surface area contributed by atoms with Crippen LogP contribution >= 0.6 is 7.04 Å². The minimum atomic E-state index is -1.97. The lowest BCUT2D eigenvalue weighted by molar-refractivity contribution is 0.167. The van der Waals surface area contributed by atoms with Crippen LogP contribution < -0.4 is 21.7 Å². The smallest absolute Gasteiger partial charge is 0.140 e. The zero-order valence-electron chi connectivity index (χ0n) is 27.1. The van der Waals surface area contributed by atoms with Gasteiger partial charge >= 0.3 is 0 Å². The first-order valence-electron chi connectivity index (χ1n) is 15.1. The van der Waals surface area contributed by atoms with Gasteiger partial charge in [-0.05, 0) is 49.0 Å². The summed E-state index contributed by atoms with van der Waals surface area (Å²) in [5.74, 6) is 0.878. The number of rotatable bonds is 6. The van der Waals surface area contributed by atoms with Gasteiger partial charge in [0.1, 0.15) is 5.84 Å². The molecular weight excluding hydrogens is 509 g/mol. The zero-order valence-corrected chi connectivity index (χ0v) is 28.0. The summed E-state index contributed by atoms with van der Waals surface area (Å²) in [6.07, 6.45) is 12.5. The normalized spacial score (nSPS) is 20.5. The predicted molar refractivity (Wildman–Crippen MR) is 186 cm³/mol. The molecule has 1 saturated carbocycles. The molecule has 6 heteroatoms. The summed E-state index contributed by atoms with van der Waals surface area (Å²) >= 11 is 0. The van der Waals surface area contributed by atoms with Gasteiger partial charge in [-0.2, -0.15) is 0 Å². The summed E-state index contributed by atoms with van der Waals surface area (Å²) in [5.41, 5.74) is 14.7. The number of amidine groups is 1. The van der Waals surface area contributed by atoms with Gasteiger partial charge in [-0.15, -0.1) is 5.73 Å². The van der Waals surface area contributed by atoms with Crippen LogP contribution in [0.25, 0.3) is 0 Å². The van der Waals surface area contributed by atoms with Gasteiger partial charge in [0.25, 0.3) is 0 Å². The monoisotopic (exact) mass is 567 g/mol. The number of hydrogen-bond donors (Lipinski definition) is 3. The van der Waals surface area contributed by atoms with Gasteiger partial charge in [-0.1, -0.05) is 101 Å². The van der Waals surface area contributed by atoms with E-state index < -0.39 is 7.04 Å². The van der Waals surface area contributed by atoms with E-state index in [0.29, 0.717) is 0 Å². The molecule has 1 unspecified atom stereocenters. The second-order valence-corrected chi connectivity index (χ2v) is 14.4. The molecule has 1 aromatic carbocycles. The SMILES string of the molecule is C=C1C(C2=NP(=C)(CCC)c3cc(NC)ccc3N2)=C(N)C2(CCCC2)N1CCC(C)(C)C.C=C=C.CC.CC. The number of hydrogen-bond acceptors (Lipinski definition) is 5. The molecule has 2 aliphatic heterocycles. The predicted octanol–water partition coefficient (Wildman–Crippen LogP) is 8.75. The lowest BCUT2D eigenvalue weighted by Gasteiger charge is -2.40. The molecule has 1 aromatic rings. The topological polar surface area (TPSA) is 65.7 Å². The third-order valence-corrected chi connectivity index (χ3v) is 10.6. The quantitative estimate of drug-likeness (QED) is 0.237. The summed E-state index contributed by atoms with van der Waals surface area (Å²) in [4.78, 5) is 2.52. The van der Waals surface area contributed by atoms with E-state index in [4.69, 9.17) is 16.8 Å². The fraction of sp³-hybridized carbons (Fsp3) is 0.559. The zero-order chi connectivity index (χ0) is 30.7. The molecule has 1 spiro atoms. The van der Waals surface area contributed by atoms with Crippen LogP contribution in [0.5, 0.6) is 0 Å². The van der Waals surface area contributed by atoms with Crippen LogP contribution in [0.2, 0.25) is 0 Å². The molecule has 0 saturated heterocycles. The molecule has 1 atom stereocenters. The van der Waals surface area contributed by atoms with Crippen molar-refractivity contribution in [3.63, 3.8) is 0 Å². The minimum Gasteiger partial charge on any atom is -0.399 e. The Morgan fingerprint density at radius 3 is 2.23 bits per heavy atom. The van der Waals surface area contributed by atoms with Crippen LogP contribution in [0, 0.1) is 5.41 Å². The van der Waals surface area contributed by atoms with Crippen LogP contribution in [-0.2, 0) is 0 Å². The van der Waals surface area contributed by atoms with E-state index in [-0.39, 0.29) is 11.0 Å². The standard InChI is InChI=1S/C27H42N5P.C3H4.2C2H6/c1-8-17-33(7)22-18-20(29-6)11-12-21(22)30-25(31-33)23-19(2)32(16-15-26(3,4)5)27(24(23)28)13-9-10-14-27;1-3-2;2*1-2/h11-12,18,29H,2,7-10,13-17,28H2,1,3-6H3,(H,30,31);1-2H2;2*1-2H3. The van der Waals surface area contributed by atoms with Crippen molar-refractivity contribution >= 4 is 35.9 Å². The first-order chi connectivity index (χ1) is 19.0. The van der Waals surface area contributed by atoms with Crippen molar-refractivity contribution in [2.75, 3.05) is 30.4 Å². The van der Waals surface area contributed by atoms with E-state index in [9.17, 15) is 0 Å². The number of nitrogens with zero attached hydrogens (tertiary/aromatic N) is 2. The highest BCUT2D eigenvalue weighted by Crippen LogP contribution is 2.54. The summed E-state index contributed by atoms with van der Waals surface area (Å²) in [7, 11) is -0.0185. The third-order valence-electron chi connectivity index (χ3n) is 7.53. The average molecular weight is 568 g/mol. The van der Waals surface area contributed by atoms with Gasteiger partial charge < -0.3 is 21.3 Å². The molecule has 40 heavy (non-hydrogen) atoms. The van der Waals surface area contributed by atoms with Gasteiger partial charge in [0.15, 0.2) is 0 Å². The van der Waals surface area contributed by atoms with Crippen LogP contribution in [0.4, 0.5) is 11.4 Å². The number of anilines is 2. The van der Waals surface area contributed by atoms with Crippen LogP contribution in [-0.4, -0.2) is 42.3 Å². The minimum absolute atomic E-state index is 0.106. The molecule has 4 rings (SSSR count). The summed E-state index contributed by atoms with van der Waals surface area (Å²) < 4.78 is 5.35. The largest absolute Gasteiger partial charge is 0.399 e. The Morgan fingerprint density at radius 1 is 1.15 bits per heavy atom. The molecule has 2 heterocycles. The molecule has 1 aliphatic carbocycles. The van der Waals surface area contributed by atoms with Crippen molar-refractivity contribution in [3.8, 4) is 0 Å². The first-order valence-corrected chi connectivity index (χ1v) is 17.3. The van der Waals surface area contributed by atoms with Crippen LogP contribution in [0.15, 0.2) is 65.4 Å². The molecular formula is C34H58N5P. The number of nitrogens with two attached hydrogens (primary N) is 1. The lowest BCUT2D eigenvalue weighted by atomic mass is 9.89. The van der Waals surface area contributed by atoms with Crippen molar-refractivity contribution in [2.24, 2.45) is 15.9 Å². The van der Waals surface area contributed by atoms with Crippen molar-refractivity contribution in [2.45, 2.75) is 99.5 Å². The first kappa shape index (κ1) is 35.4. The van der Waals surface area contributed by atoms with E-state index in [1.54, 1.807) is 0 Å². The Morgan fingerprint density at radius 2 is 1.73 bits per heavy atom. The summed E-state index contributed by atoms with van der Waals surface area (Å²) in [6, 6.07) is 6.48. The molecule has 0 bridgehead atoms. The van der Waals surface area contributed by atoms with Crippen molar-refractivity contribution in [1.82, 2.24) is 4.90 Å². The molecule has 5 nitrogen and oxygen atoms in total. The Kier molecular flexibility index (Phi) is 13.6. The van der Waals surface area contributed by atoms with Crippen molar-refractivity contribution in [1.29, 1.82) is 0 Å². The van der Waals surface area contributed by atoms with Crippen LogP contribution in [0.1, 0.15) is 93.9 Å². The third kappa shape index (κ3) is 7.56. The van der Waals surface area contributed by atoms with E-state index in [2.05, 4.69) is 86.9 Å². The van der Waals surface area contributed by atoms with Gasteiger partial charge in [0, 0.05) is 48.7 Å². The van der Waals surface area contributed by atoms with Gasteiger partial charge in [-0.3, -0.25) is 0 Å². The second kappa shape index (κ2) is 15.4. The fourth-order valence-corrected chi connectivity index (χ4v) is 8.35.